The van der Waals surface area contributed by atoms with Gasteiger partial charge < -0.3 is 0 Å². The van der Waals surface area contributed by atoms with Gasteiger partial charge in [-0.3, -0.25) is 5.32 Å². The summed E-state index contributed by atoms with van der Waals surface area (Å²) in [6, 6.07) is 1.81. The predicted octanol–water partition coefficient (Wildman–Crippen LogP) is 2.02. The van der Waals surface area contributed by atoms with E-state index < -0.39 is 11.7 Å². The summed E-state index contributed by atoms with van der Waals surface area (Å²) >= 11 is 1.06. The third kappa shape index (κ3) is 4.07. The first-order valence-corrected chi connectivity index (χ1v) is 6.46. The number of aliphatic imine (C=N–C) groups is 2. The highest BCUT2D eigenvalue weighted by atomic mass is 32.2. The Morgan fingerprint density at radius 2 is 2.35 bits per heavy atom. The molecule has 0 aliphatic heterocycles. The zero-order chi connectivity index (χ0) is 15.2. The maximum Gasteiger partial charge on any atom is 0.421 e. The van der Waals surface area contributed by atoms with E-state index in [2.05, 4.69) is 27.1 Å². The van der Waals surface area contributed by atoms with E-state index in [1.165, 1.54) is 0 Å². The molecule has 1 N–H and O–H groups in total. The lowest BCUT2D eigenvalue weighted by Crippen LogP contribution is -2.19. The molecule has 10 heteroatoms. The van der Waals surface area contributed by atoms with Gasteiger partial charge in [0, 0.05) is 0 Å². The van der Waals surface area contributed by atoms with Crippen LogP contribution >= 0.6 is 11.8 Å². The fraction of sp³-hybridized carbons (Fsp3) is 0.400. The molecule has 0 saturated heterocycles. The maximum absolute atomic E-state index is 12.9. The van der Waals surface area contributed by atoms with E-state index in [9.17, 15) is 13.2 Å². The molecular formula is C10H11F3N6S. The van der Waals surface area contributed by atoms with Crippen LogP contribution in [0.15, 0.2) is 16.2 Å². The maximum atomic E-state index is 12.9. The summed E-state index contributed by atoms with van der Waals surface area (Å²) in [6.07, 6.45) is -2.26. The molecule has 1 rings (SSSR count). The normalized spacial score (nSPS) is 12.2. The van der Waals surface area contributed by atoms with Crippen LogP contribution in [0.1, 0.15) is 5.56 Å². The fourth-order valence-electron chi connectivity index (χ4n) is 1.27. The highest BCUT2D eigenvalue weighted by Gasteiger charge is 2.36. The van der Waals surface area contributed by atoms with Crippen molar-refractivity contribution in [1.29, 1.82) is 5.26 Å². The summed E-state index contributed by atoms with van der Waals surface area (Å²) in [5.74, 6) is -0.375. The molecular weight excluding hydrogens is 293 g/mol. The number of alkyl halides is 3. The van der Waals surface area contributed by atoms with E-state index in [4.69, 9.17) is 5.26 Å². The number of hydrogen-bond donors (Lipinski definition) is 1. The highest BCUT2D eigenvalue weighted by molar-refractivity contribution is 8.13. The molecule has 0 aliphatic rings. The molecule has 0 spiro atoms. The topological polar surface area (TPSA) is 78.4 Å². The van der Waals surface area contributed by atoms with Gasteiger partial charge in [-0.2, -0.15) is 23.5 Å². The van der Waals surface area contributed by atoms with Crippen LogP contribution in [0.25, 0.3) is 0 Å². The number of nitriles is 1. The Labute approximate surface area is 117 Å². The second-order valence-corrected chi connectivity index (χ2v) is 4.15. The zero-order valence-electron chi connectivity index (χ0n) is 10.5. The number of nitrogens with one attached hydrogen (secondary N) is 1. The molecule has 20 heavy (non-hydrogen) atoms. The number of aromatic nitrogens is 2. The minimum absolute atomic E-state index is 0.0144. The molecule has 1 aromatic heterocycles. The Morgan fingerprint density at radius 1 is 1.65 bits per heavy atom. The first-order chi connectivity index (χ1) is 9.43. The Balaban J connectivity index is 3.20. The van der Waals surface area contributed by atoms with Crippen molar-refractivity contribution in [3.63, 3.8) is 0 Å². The molecule has 0 radical (unpaired) electrons. The zero-order valence-corrected chi connectivity index (χ0v) is 11.3. The molecule has 1 heterocycles. The molecule has 0 amide bonds. The van der Waals surface area contributed by atoms with Crippen LogP contribution in [0, 0.1) is 11.3 Å². The molecule has 1 aromatic rings. The third-order valence-electron chi connectivity index (χ3n) is 2.10. The summed E-state index contributed by atoms with van der Waals surface area (Å²) in [5, 5.41) is 14.7. The van der Waals surface area contributed by atoms with Gasteiger partial charge in [-0.1, -0.05) is 11.8 Å². The van der Waals surface area contributed by atoms with Gasteiger partial charge in [0.2, 0.25) is 0 Å². The van der Waals surface area contributed by atoms with Crippen molar-refractivity contribution in [3.05, 3.63) is 11.8 Å². The van der Waals surface area contributed by atoms with Gasteiger partial charge in [-0.25, -0.2) is 14.7 Å². The van der Waals surface area contributed by atoms with Gasteiger partial charge in [-0.15, -0.1) is 0 Å². The van der Waals surface area contributed by atoms with Crippen molar-refractivity contribution in [3.8, 4) is 6.07 Å². The minimum atomic E-state index is -4.57. The van der Waals surface area contributed by atoms with Crippen LogP contribution in [-0.4, -0.2) is 34.5 Å². The number of halogens is 3. The summed E-state index contributed by atoms with van der Waals surface area (Å²) in [4.78, 5) is 7.33. The number of rotatable bonds is 4. The first-order valence-electron chi connectivity index (χ1n) is 5.24. The fourth-order valence-corrected chi connectivity index (χ4v) is 1.57. The van der Waals surface area contributed by atoms with E-state index in [1.807, 2.05) is 6.07 Å². The highest BCUT2D eigenvalue weighted by Crippen LogP contribution is 2.36. The molecule has 0 fully saturated rings. The average molecular weight is 304 g/mol. The van der Waals surface area contributed by atoms with Gasteiger partial charge in [-0.05, 0) is 13.0 Å². The molecule has 0 bridgehead atoms. The summed E-state index contributed by atoms with van der Waals surface area (Å²) in [7, 11) is 0. The van der Waals surface area contributed by atoms with Crippen LogP contribution < -0.4 is 5.32 Å². The third-order valence-corrected chi connectivity index (χ3v) is 2.69. The lowest BCUT2D eigenvalue weighted by Gasteiger charge is -2.08. The van der Waals surface area contributed by atoms with E-state index in [0.29, 0.717) is 6.20 Å². The standard InChI is InChI=1S/C10H11F3N6S/c1-15-9(20-2)18-8-7(10(11,12)13)5-17-19(8)6-16-4-3-14/h5,16H,1,4,6H2,2H3/b18-9+. The van der Waals surface area contributed by atoms with Crippen molar-refractivity contribution < 1.29 is 13.2 Å². The Hall–Kier alpha value is -1.86. The number of thioether (sulfide) groups is 1. The van der Waals surface area contributed by atoms with Crippen LogP contribution in [0.4, 0.5) is 19.0 Å². The van der Waals surface area contributed by atoms with Crippen molar-refractivity contribution in [2.24, 2.45) is 9.98 Å². The molecule has 6 nitrogen and oxygen atoms in total. The second-order valence-electron chi connectivity index (χ2n) is 3.38. The molecule has 0 saturated carbocycles. The molecule has 0 unspecified atom stereocenters. The van der Waals surface area contributed by atoms with Gasteiger partial charge in [0.15, 0.2) is 11.0 Å². The van der Waals surface area contributed by atoms with Gasteiger partial charge in [0.1, 0.15) is 5.56 Å². The number of amidine groups is 1. The van der Waals surface area contributed by atoms with Crippen molar-refractivity contribution in [2.45, 2.75) is 12.8 Å². The van der Waals surface area contributed by atoms with Crippen LogP contribution in [0.2, 0.25) is 0 Å². The van der Waals surface area contributed by atoms with Gasteiger partial charge >= 0.3 is 6.18 Å². The van der Waals surface area contributed by atoms with Crippen molar-refractivity contribution in [2.75, 3.05) is 12.8 Å². The van der Waals surface area contributed by atoms with E-state index in [0.717, 1.165) is 16.4 Å². The summed E-state index contributed by atoms with van der Waals surface area (Å²) in [6.45, 7) is 3.16. The number of nitrogens with zero attached hydrogens (tertiary/aromatic N) is 5. The smallest absolute Gasteiger partial charge is 0.285 e. The van der Waals surface area contributed by atoms with E-state index in [-0.39, 0.29) is 24.2 Å². The summed E-state index contributed by atoms with van der Waals surface area (Å²) in [5.41, 5.74) is -0.966. The minimum Gasteiger partial charge on any atom is -0.285 e. The van der Waals surface area contributed by atoms with Crippen LogP contribution in [-0.2, 0) is 12.8 Å². The first kappa shape index (κ1) is 16.2. The van der Waals surface area contributed by atoms with E-state index in [1.54, 1.807) is 6.26 Å². The molecule has 108 valence electrons. The Bertz CT molecular complexity index is 542. The number of hydrogen-bond acceptors (Lipinski definition) is 5. The average Bonchev–Trinajstić information content (AvgIpc) is 2.79. The Kier molecular flexibility index (Phi) is 5.72. The lowest BCUT2D eigenvalue weighted by atomic mass is 10.3. The quantitative estimate of drug-likeness (QED) is 0.399. The van der Waals surface area contributed by atoms with Crippen LogP contribution in [0.5, 0.6) is 0 Å². The van der Waals surface area contributed by atoms with Crippen molar-refractivity contribution >= 4 is 29.5 Å². The van der Waals surface area contributed by atoms with Gasteiger partial charge in [0.25, 0.3) is 0 Å². The predicted molar refractivity (Wildman–Crippen MR) is 71.0 cm³/mol. The van der Waals surface area contributed by atoms with Crippen LogP contribution in [0.3, 0.4) is 0 Å². The molecule has 0 aromatic carbocycles. The largest absolute Gasteiger partial charge is 0.421 e. The Morgan fingerprint density at radius 3 is 2.85 bits per heavy atom. The second kappa shape index (κ2) is 7.06. The SMILES string of the molecule is C=N/C(=N\c1c(C(F)(F)F)cnn1CNCC#N)SC. The monoisotopic (exact) mass is 304 g/mol. The van der Waals surface area contributed by atoms with E-state index >= 15 is 0 Å². The van der Waals surface area contributed by atoms with Crippen molar-refractivity contribution in [1.82, 2.24) is 15.1 Å². The summed E-state index contributed by atoms with van der Waals surface area (Å²) < 4.78 is 39.6. The van der Waals surface area contributed by atoms with Gasteiger partial charge in [0.05, 0.1) is 25.5 Å². The lowest BCUT2D eigenvalue weighted by molar-refractivity contribution is -0.137. The molecule has 0 atom stereocenters. The molecule has 0 aliphatic carbocycles.